The standard InChI is InChI=1S/C21H22OS/c22-21(17-11-5-3-6-12-17)19-15-9-1-2-10-16-20(19)23-18-13-7-4-8-14-18/h3-8,11-14H,1-2,9-10,15-16H2/b20-19-. The van der Waals surface area contributed by atoms with Gasteiger partial charge >= 0.3 is 0 Å². The summed E-state index contributed by atoms with van der Waals surface area (Å²) in [5, 5.41) is 0. The van der Waals surface area contributed by atoms with E-state index < -0.39 is 0 Å². The fourth-order valence-corrected chi connectivity index (χ4v) is 4.12. The van der Waals surface area contributed by atoms with E-state index in [1.807, 2.05) is 36.4 Å². The zero-order chi connectivity index (χ0) is 15.9. The molecule has 0 bridgehead atoms. The molecule has 118 valence electrons. The number of thioether (sulfide) groups is 1. The maximum absolute atomic E-state index is 13.0. The summed E-state index contributed by atoms with van der Waals surface area (Å²) in [6.45, 7) is 0. The van der Waals surface area contributed by atoms with Gasteiger partial charge in [-0.05, 0) is 42.7 Å². The first-order valence-corrected chi connectivity index (χ1v) is 9.21. The average Bonchev–Trinajstić information content (AvgIpc) is 2.59. The minimum absolute atomic E-state index is 0.214. The monoisotopic (exact) mass is 322 g/mol. The number of Topliss-reactive ketones (excluding diaryl/α,β-unsaturated/α-hetero) is 1. The molecule has 1 aliphatic rings. The van der Waals surface area contributed by atoms with Crippen LogP contribution in [0.4, 0.5) is 0 Å². The Morgan fingerprint density at radius 3 is 2.04 bits per heavy atom. The van der Waals surface area contributed by atoms with Crippen molar-refractivity contribution >= 4 is 17.5 Å². The van der Waals surface area contributed by atoms with Crippen LogP contribution in [0.5, 0.6) is 0 Å². The molecule has 0 unspecified atom stereocenters. The highest BCUT2D eigenvalue weighted by molar-refractivity contribution is 8.03. The van der Waals surface area contributed by atoms with Crippen LogP contribution in [0, 0.1) is 0 Å². The van der Waals surface area contributed by atoms with E-state index in [0.717, 1.165) is 30.4 Å². The zero-order valence-electron chi connectivity index (χ0n) is 13.3. The van der Waals surface area contributed by atoms with E-state index in [1.54, 1.807) is 11.8 Å². The fraction of sp³-hybridized carbons (Fsp3) is 0.286. The molecule has 0 aliphatic heterocycles. The summed E-state index contributed by atoms with van der Waals surface area (Å²) in [5.41, 5.74) is 1.85. The third kappa shape index (κ3) is 4.35. The molecule has 2 aromatic rings. The quantitative estimate of drug-likeness (QED) is 0.617. The van der Waals surface area contributed by atoms with E-state index in [0.29, 0.717) is 0 Å². The van der Waals surface area contributed by atoms with Gasteiger partial charge in [0, 0.05) is 16.0 Å². The number of hydrogen-bond acceptors (Lipinski definition) is 2. The van der Waals surface area contributed by atoms with Crippen molar-refractivity contribution in [2.24, 2.45) is 0 Å². The van der Waals surface area contributed by atoms with Crippen molar-refractivity contribution in [1.29, 1.82) is 0 Å². The molecule has 2 heteroatoms. The van der Waals surface area contributed by atoms with Gasteiger partial charge in [-0.3, -0.25) is 4.79 Å². The molecule has 0 saturated carbocycles. The van der Waals surface area contributed by atoms with Gasteiger partial charge in [-0.2, -0.15) is 0 Å². The van der Waals surface area contributed by atoms with Gasteiger partial charge in [-0.25, -0.2) is 0 Å². The topological polar surface area (TPSA) is 17.1 Å². The summed E-state index contributed by atoms with van der Waals surface area (Å²) in [7, 11) is 0. The molecule has 0 amide bonds. The molecular weight excluding hydrogens is 300 g/mol. The van der Waals surface area contributed by atoms with Gasteiger partial charge in [0.2, 0.25) is 0 Å². The summed E-state index contributed by atoms with van der Waals surface area (Å²) in [4.78, 5) is 15.5. The van der Waals surface area contributed by atoms with Crippen LogP contribution in [0.15, 0.2) is 76.0 Å². The van der Waals surface area contributed by atoms with Crippen LogP contribution < -0.4 is 0 Å². The third-order valence-corrected chi connectivity index (χ3v) is 5.42. The number of benzene rings is 2. The zero-order valence-corrected chi connectivity index (χ0v) is 14.1. The van der Waals surface area contributed by atoms with Crippen LogP contribution in [0.2, 0.25) is 0 Å². The van der Waals surface area contributed by atoms with E-state index in [9.17, 15) is 4.79 Å². The van der Waals surface area contributed by atoms with Crippen LogP contribution in [0.25, 0.3) is 0 Å². The Kier molecular flexibility index (Phi) is 5.71. The number of rotatable bonds is 4. The molecule has 0 fully saturated rings. The summed E-state index contributed by atoms with van der Waals surface area (Å²) in [6, 6.07) is 20.1. The maximum Gasteiger partial charge on any atom is 0.189 e. The maximum atomic E-state index is 13.0. The van der Waals surface area contributed by atoms with Crippen molar-refractivity contribution < 1.29 is 4.79 Å². The Hall–Kier alpha value is -1.80. The number of ketones is 1. The molecular formula is C21H22OS. The first kappa shape index (κ1) is 16.1. The van der Waals surface area contributed by atoms with Gasteiger partial charge in [0.15, 0.2) is 5.78 Å². The number of hydrogen-bond donors (Lipinski definition) is 0. The highest BCUT2D eigenvalue weighted by atomic mass is 32.2. The van der Waals surface area contributed by atoms with Crippen LogP contribution in [-0.4, -0.2) is 5.78 Å². The van der Waals surface area contributed by atoms with Gasteiger partial charge in [0.05, 0.1) is 0 Å². The van der Waals surface area contributed by atoms with Gasteiger partial charge < -0.3 is 0 Å². The number of carbonyl (C=O) groups excluding carboxylic acids is 1. The van der Waals surface area contributed by atoms with Crippen LogP contribution in [-0.2, 0) is 0 Å². The lowest BCUT2D eigenvalue weighted by molar-refractivity contribution is 0.102. The Labute approximate surface area is 142 Å². The molecule has 0 saturated heterocycles. The molecule has 0 radical (unpaired) electrons. The molecule has 0 heterocycles. The van der Waals surface area contributed by atoms with E-state index in [2.05, 4.69) is 24.3 Å². The Morgan fingerprint density at radius 1 is 0.739 bits per heavy atom. The van der Waals surface area contributed by atoms with Crippen LogP contribution in [0.3, 0.4) is 0 Å². The Bertz CT molecular complexity index is 674. The van der Waals surface area contributed by atoms with Crippen molar-refractivity contribution in [2.45, 2.75) is 43.4 Å². The van der Waals surface area contributed by atoms with Gasteiger partial charge in [-0.1, -0.05) is 73.1 Å². The predicted molar refractivity (Wildman–Crippen MR) is 97.8 cm³/mol. The first-order chi connectivity index (χ1) is 11.3. The van der Waals surface area contributed by atoms with Crippen LogP contribution >= 0.6 is 11.8 Å². The molecule has 23 heavy (non-hydrogen) atoms. The van der Waals surface area contributed by atoms with Crippen LogP contribution in [0.1, 0.15) is 48.9 Å². The lowest BCUT2D eigenvalue weighted by atomic mass is 9.94. The highest BCUT2D eigenvalue weighted by Gasteiger charge is 2.19. The lowest BCUT2D eigenvalue weighted by Gasteiger charge is -2.17. The van der Waals surface area contributed by atoms with E-state index in [4.69, 9.17) is 0 Å². The lowest BCUT2D eigenvalue weighted by Crippen LogP contribution is -2.08. The van der Waals surface area contributed by atoms with Gasteiger partial charge in [0.25, 0.3) is 0 Å². The second-order valence-electron chi connectivity index (χ2n) is 5.93. The van der Waals surface area contributed by atoms with E-state index in [1.165, 1.54) is 29.1 Å². The molecule has 3 rings (SSSR count). The summed E-state index contributed by atoms with van der Waals surface area (Å²) >= 11 is 1.78. The smallest absolute Gasteiger partial charge is 0.189 e. The summed E-state index contributed by atoms with van der Waals surface area (Å²) < 4.78 is 0. The van der Waals surface area contributed by atoms with E-state index >= 15 is 0 Å². The average molecular weight is 322 g/mol. The van der Waals surface area contributed by atoms with Crippen molar-refractivity contribution in [1.82, 2.24) is 0 Å². The number of carbonyl (C=O) groups is 1. The first-order valence-electron chi connectivity index (χ1n) is 8.39. The minimum Gasteiger partial charge on any atom is -0.289 e. The largest absolute Gasteiger partial charge is 0.289 e. The highest BCUT2D eigenvalue weighted by Crippen LogP contribution is 2.37. The molecule has 2 aromatic carbocycles. The molecule has 0 spiro atoms. The summed E-state index contributed by atoms with van der Waals surface area (Å²) in [5.74, 6) is 0.214. The molecule has 0 atom stereocenters. The molecule has 0 N–H and O–H groups in total. The van der Waals surface area contributed by atoms with Crippen molar-refractivity contribution in [3.8, 4) is 0 Å². The molecule has 1 nitrogen and oxygen atoms in total. The SMILES string of the molecule is O=C(/C1=C(\Sc2ccccc2)CCCCCC1)c1ccccc1. The van der Waals surface area contributed by atoms with Crippen molar-refractivity contribution in [2.75, 3.05) is 0 Å². The van der Waals surface area contributed by atoms with Crippen molar-refractivity contribution in [3.63, 3.8) is 0 Å². The Morgan fingerprint density at radius 2 is 1.35 bits per heavy atom. The fourth-order valence-electron chi connectivity index (χ4n) is 2.98. The van der Waals surface area contributed by atoms with Crippen molar-refractivity contribution in [3.05, 3.63) is 76.7 Å². The predicted octanol–water partition coefficient (Wildman–Crippen LogP) is 6.27. The minimum atomic E-state index is 0.214. The number of allylic oxidation sites excluding steroid dienone is 2. The van der Waals surface area contributed by atoms with Gasteiger partial charge in [-0.15, -0.1) is 0 Å². The second-order valence-corrected chi connectivity index (χ2v) is 7.09. The Balaban J connectivity index is 1.94. The second kappa shape index (κ2) is 8.16. The normalized spacial score (nSPS) is 19.0. The summed E-state index contributed by atoms with van der Waals surface area (Å²) in [6.07, 6.45) is 6.73. The van der Waals surface area contributed by atoms with Gasteiger partial charge in [0.1, 0.15) is 0 Å². The molecule has 1 aliphatic carbocycles. The molecule has 0 aromatic heterocycles. The third-order valence-electron chi connectivity index (χ3n) is 4.21. The van der Waals surface area contributed by atoms with E-state index in [-0.39, 0.29) is 5.78 Å².